The predicted molar refractivity (Wildman–Crippen MR) is 179 cm³/mol. The van der Waals surface area contributed by atoms with Gasteiger partial charge in [0.15, 0.2) is 0 Å². The Morgan fingerprint density at radius 1 is 0.548 bits per heavy atom. The van der Waals surface area contributed by atoms with E-state index in [2.05, 4.69) is 163 Å². The van der Waals surface area contributed by atoms with Gasteiger partial charge in [0.25, 0.3) is 0 Å². The Bertz CT molecular complexity index is 2140. The number of aromatic nitrogens is 1. The topological polar surface area (TPSA) is 8.17 Å². The van der Waals surface area contributed by atoms with Gasteiger partial charge in [-0.3, -0.25) is 0 Å². The maximum Gasteiger partial charge on any atom is 0.247 e. The average Bonchev–Trinajstić information content (AvgIpc) is 3.37. The fourth-order valence-corrected chi connectivity index (χ4v) is 7.88. The van der Waals surface area contributed by atoms with Crippen molar-refractivity contribution in [2.45, 2.75) is 19.3 Å². The van der Waals surface area contributed by atoms with E-state index in [-0.39, 0.29) is 12.1 Å². The molecule has 2 aliphatic heterocycles. The molecule has 0 bridgehead atoms. The lowest BCUT2D eigenvalue weighted by molar-refractivity contribution is 0.645. The van der Waals surface area contributed by atoms with Crippen molar-refractivity contribution in [1.82, 2.24) is 4.57 Å². The highest BCUT2D eigenvalue weighted by Crippen LogP contribution is 2.45. The number of anilines is 3. The third kappa shape index (κ3) is 3.00. The van der Waals surface area contributed by atoms with Gasteiger partial charge in [-0.1, -0.05) is 122 Å². The van der Waals surface area contributed by atoms with Gasteiger partial charge in [-0.15, -0.1) is 0 Å². The highest BCUT2D eigenvalue weighted by atomic mass is 15.2. The van der Waals surface area contributed by atoms with E-state index >= 15 is 0 Å². The van der Waals surface area contributed by atoms with E-state index in [1.165, 1.54) is 60.7 Å². The third-order valence-electron chi connectivity index (χ3n) is 9.63. The van der Waals surface area contributed by atoms with Crippen LogP contribution < -0.4 is 21.3 Å². The van der Waals surface area contributed by atoms with Gasteiger partial charge in [0.1, 0.15) is 0 Å². The molecule has 7 aromatic rings. The molecule has 6 aromatic carbocycles. The van der Waals surface area contributed by atoms with Crippen molar-refractivity contribution < 1.29 is 0 Å². The molecule has 0 fully saturated rings. The number of fused-ring (bicyclic) bond motifs is 7. The lowest BCUT2D eigenvalue weighted by atomic mass is 9.30. The maximum atomic E-state index is 2.58. The summed E-state index contributed by atoms with van der Waals surface area (Å²) < 4.78 is 2.58. The highest BCUT2D eigenvalue weighted by Gasteiger charge is 2.46. The van der Waals surface area contributed by atoms with Gasteiger partial charge in [0, 0.05) is 33.1 Å². The van der Waals surface area contributed by atoms with E-state index in [4.69, 9.17) is 0 Å². The SMILES string of the molecule is CC1(C)c2ccccc2B2c3c1ccc(N(c1ccccc1)c1ccccc1)c3-n1c3ccccc3c3cccc2c31. The quantitative estimate of drug-likeness (QED) is 0.210. The van der Waals surface area contributed by atoms with E-state index in [1.54, 1.807) is 0 Å². The van der Waals surface area contributed by atoms with Gasteiger partial charge < -0.3 is 9.47 Å². The summed E-state index contributed by atoms with van der Waals surface area (Å²) in [6, 6.07) is 51.4. The minimum Gasteiger partial charge on any atom is -0.308 e. The average molecular weight is 536 g/mol. The molecular formula is C39H29BN2. The van der Waals surface area contributed by atoms with Gasteiger partial charge >= 0.3 is 0 Å². The van der Waals surface area contributed by atoms with Gasteiger partial charge in [-0.25, -0.2) is 0 Å². The smallest absolute Gasteiger partial charge is 0.247 e. The summed E-state index contributed by atoms with van der Waals surface area (Å²) in [7, 11) is 0. The molecule has 42 heavy (non-hydrogen) atoms. The van der Waals surface area contributed by atoms with Crippen LogP contribution >= 0.6 is 0 Å². The minimum atomic E-state index is -0.131. The predicted octanol–water partition coefficient (Wildman–Crippen LogP) is 7.72. The molecule has 0 amide bonds. The number of rotatable bonds is 3. The van der Waals surface area contributed by atoms with E-state index in [0.29, 0.717) is 0 Å². The third-order valence-corrected chi connectivity index (χ3v) is 9.63. The van der Waals surface area contributed by atoms with E-state index < -0.39 is 0 Å². The second-order valence-electron chi connectivity index (χ2n) is 12.1. The minimum absolute atomic E-state index is 0.131. The Labute approximate surface area is 246 Å². The highest BCUT2D eigenvalue weighted by molar-refractivity contribution is 6.99. The molecule has 0 atom stereocenters. The van der Waals surface area contributed by atoms with Crippen LogP contribution in [0.3, 0.4) is 0 Å². The van der Waals surface area contributed by atoms with Crippen LogP contribution in [-0.2, 0) is 5.41 Å². The van der Waals surface area contributed by atoms with E-state index in [9.17, 15) is 0 Å². The lowest BCUT2D eigenvalue weighted by Crippen LogP contribution is -2.63. The summed E-state index contributed by atoms with van der Waals surface area (Å²) in [5.74, 6) is 0. The first-order chi connectivity index (χ1) is 20.6. The van der Waals surface area contributed by atoms with Crippen LogP contribution in [0.5, 0.6) is 0 Å². The van der Waals surface area contributed by atoms with Gasteiger partial charge in [-0.05, 0) is 58.5 Å². The zero-order valence-corrected chi connectivity index (χ0v) is 23.8. The molecule has 0 aliphatic carbocycles. The summed E-state index contributed by atoms with van der Waals surface area (Å²) in [6.07, 6.45) is 0. The summed E-state index contributed by atoms with van der Waals surface area (Å²) >= 11 is 0. The van der Waals surface area contributed by atoms with Crippen molar-refractivity contribution in [3.63, 3.8) is 0 Å². The molecule has 2 aliphatic rings. The number of hydrogen-bond donors (Lipinski definition) is 0. The molecule has 9 rings (SSSR count). The monoisotopic (exact) mass is 536 g/mol. The number of nitrogens with zero attached hydrogens (tertiary/aromatic N) is 2. The molecule has 0 saturated carbocycles. The van der Waals surface area contributed by atoms with Crippen molar-refractivity contribution in [2.75, 3.05) is 4.90 Å². The van der Waals surface area contributed by atoms with Crippen LogP contribution in [0, 0.1) is 0 Å². The molecule has 2 nitrogen and oxygen atoms in total. The van der Waals surface area contributed by atoms with Crippen molar-refractivity contribution in [3.05, 3.63) is 151 Å². The number of benzene rings is 6. The summed E-state index contributed by atoms with van der Waals surface area (Å²) in [5.41, 5.74) is 14.3. The van der Waals surface area contributed by atoms with Crippen molar-refractivity contribution in [3.8, 4) is 5.69 Å². The van der Waals surface area contributed by atoms with Crippen LogP contribution in [-0.4, -0.2) is 11.3 Å². The van der Waals surface area contributed by atoms with Gasteiger partial charge in [0.2, 0.25) is 6.71 Å². The Kier molecular flexibility index (Phi) is 4.79. The molecule has 3 heterocycles. The number of hydrogen-bond acceptors (Lipinski definition) is 1. The second kappa shape index (κ2) is 8.50. The molecular weight excluding hydrogens is 507 g/mol. The fourth-order valence-electron chi connectivity index (χ4n) is 7.88. The first-order valence-corrected chi connectivity index (χ1v) is 14.8. The zero-order valence-electron chi connectivity index (χ0n) is 23.8. The van der Waals surface area contributed by atoms with E-state index in [0.717, 1.165) is 11.4 Å². The van der Waals surface area contributed by atoms with Crippen molar-refractivity contribution in [2.24, 2.45) is 0 Å². The Morgan fingerprint density at radius 3 is 1.93 bits per heavy atom. The van der Waals surface area contributed by atoms with Crippen LogP contribution in [0.1, 0.15) is 25.0 Å². The van der Waals surface area contributed by atoms with Crippen LogP contribution in [0.2, 0.25) is 0 Å². The maximum absolute atomic E-state index is 2.58. The lowest BCUT2D eigenvalue weighted by Gasteiger charge is -2.43. The van der Waals surface area contributed by atoms with Crippen LogP contribution in [0.25, 0.3) is 27.5 Å². The second-order valence-corrected chi connectivity index (χ2v) is 12.1. The normalized spacial score (nSPS) is 14.1. The molecule has 0 saturated heterocycles. The molecule has 198 valence electrons. The molecule has 1 aromatic heterocycles. The Hall–Kier alpha value is -5.02. The summed E-state index contributed by atoms with van der Waals surface area (Å²) in [4.78, 5) is 2.44. The molecule has 3 heteroatoms. The molecule has 0 unspecified atom stereocenters. The number of para-hydroxylation sites is 4. The molecule has 0 N–H and O–H groups in total. The Morgan fingerprint density at radius 2 is 1.17 bits per heavy atom. The van der Waals surface area contributed by atoms with Crippen LogP contribution in [0.4, 0.5) is 17.1 Å². The standard InChI is InChI=1S/C39H29BN2/c1-39(2)30-20-10-11-21-32(30)40-33-22-13-19-29-28-18-9-12-23-34(28)42(37(29)33)38-35(25-24-31(39)36(38)40)41(26-14-5-3-6-15-26)27-16-7-4-8-17-27/h3-25H,1-2H3. The van der Waals surface area contributed by atoms with E-state index in [1.807, 2.05) is 0 Å². The van der Waals surface area contributed by atoms with Gasteiger partial charge in [-0.2, -0.15) is 0 Å². The summed E-state index contributed by atoms with van der Waals surface area (Å²) in [6.45, 7) is 4.95. The van der Waals surface area contributed by atoms with Crippen molar-refractivity contribution >= 4 is 62.0 Å². The van der Waals surface area contributed by atoms with Crippen molar-refractivity contribution in [1.29, 1.82) is 0 Å². The molecule has 0 spiro atoms. The fraction of sp³-hybridized carbons (Fsp3) is 0.0769. The first kappa shape index (κ1) is 23.7. The zero-order chi connectivity index (χ0) is 28.0. The van der Waals surface area contributed by atoms with Crippen LogP contribution in [0.15, 0.2) is 140 Å². The molecule has 0 radical (unpaired) electrons. The largest absolute Gasteiger partial charge is 0.308 e. The Balaban J connectivity index is 1.50. The summed E-state index contributed by atoms with van der Waals surface area (Å²) in [5, 5.41) is 2.62. The first-order valence-electron chi connectivity index (χ1n) is 14.8. The van der Waals surface area contributed by atoms with Gasteiger partial charge in [0.05, 0.1) is 16.9 Å².